The second kappa shape index (κ2) is 3.07. The van der Waals surface area contributed by atoms with Crippen LogP contribution in [0.25, 0.3) is 10.9 Å². The van der Waals surface area contributed by atoms with Crippen molar-refractivity contribution >= 4 is 26.8 Å². The molecule has 0 saturated carbocycles. The topological polar surface area (TPSA) is 25.8 Å². The van der Waals surface area contributed by atoms with Crippen LogP contribution in [0.3, 0.4) is 0 Å². The van der Waals surface area contributed by atoms with Crippen LogP contribution >= 0.6 is 15.9 Å². The molecule has 0 aliphatic rings. The van der Waals surface area contributed by atoms with E-state index in [2.05, 4.69) is 45.0 Å². The molecule has 1 aromatic heterocycles. The summed E-state index contributed by atoms with van der Waals surface area (Å²) in [5, 5.41) is 1.07. The Hall–Kier alpha value is -0.960. The van der Waals surface area contributed by atoms with Gasteiger partial charge in [0.1, 0.15) is 10.4 Å². The van der Waals surface area contributed by atoms with Crippen molar-refractivity contribution < 1.29 is 0 Å². The number of benzene rings is 1. The highest BCUT2D eigenvalue weighted by molar-refractivity contribution is 9.10. The number of halogens is 1. The Bertz CT molecular complexity index is 466. The zero-order chi connectivity index (χ0) is 9.42. The maximum atomic E-state index is 4.34. The van der Waals surface area contributed by atoms with Gasteiger partial charge in [-0.15, -0.1) is 0 Å². The number of rotatable bonds is 0. The standard InChI is InChI=1S/C10H9BrN2/c1-6-3-4-9-8(5-6)10(11)13-7(2)12-9/h3-5H,1-2H3. The smallest absolute Gasteiger partial charge is 0.127 e. The van der Waals surface area contributed by atoms with Crippen LogP contribution < -0.4 is 0 Å². The number of aromatic nitrogens is 2. The van der Waals surface area contributed by atoms with E-state index in [9.17, 15) is 0 Å². The molecular weight excluding hydrogens is 228 g/mol. The van der Waals surface area contributed by atoms with Gasteiger partial charge in [0.25, 0.3) is 0 Å². The SMILES string of the molecule is Cc1ccc2nc(C)nc(Br)c2c1. The van der Waals surface area contributed by atoms with E-state index in [0.717, 1.165) is 21.3 Å². The first-order chi connectivity index (χ1) is 6.16. The highest BCUT2D eigenvalue weighted by atomic mass is 79.9. The highest BCUT2D eigenvalue weighted by Gasteiger charge is 2.02. The molecule has 66 valence electrons. The first-order valence-corrected chi connectivity index (χ1v) is 4.86. The van der Waals surface area contributed by atoms with E-state index in [0.29, 0.717) is 0 Å². The fourth-order valence-electron chi connectivity index (χ4n) is 1.31. The van der Waals surface area contributed by atoms with Gasteiger partial charge < -0.3 is 0 Å². The molecule has 0 amide bonds. The quantitative estimate of drug-likeness (QED) is 0.658. The fraction of sp³-hybridized carbons (Fsp3) is 0.200. The molecule has 1 aromatic carbocycles. The molecule has 0 aliphatic carbocycles. The van der Waals surface area contributed by atoms with E-state index in [1.54, 1.807) is 0 Å². The maximum Gasteiger partial charge on any atom is 0.127 e. The Morgan fingerprint density at radius 3 is 2.69 bits per heavy atom. The van der Waals surface area contributed by atoms with Crippen molar-refractivity contribution in [2.24, 2.45) is 0 Å². The van der Waals surface area contributed by atoms with Crippen molar-refractivity contribution in [1.29, 1.82) is 0 Å². The van der Waals surface area contributed by atoms with Gasteiger partial charge in [0.2, 0.25) is 0 Å². The summed E-state index contributed by atoms with van der Waals surface area (Å²) in [6.45, 7) is 3.95. The monoisotopic (exact) mass is 236 g/mol. The van der Waals surface area contributed by atoms with E-state index in [1.165, 1.54) is 5.56 Å². The van der Waals surface area contributed by atoms with Gasteiger partial charge >= 0.3 is 0 Å². The lowest BCUT2D eigenvalue weighted by atomic mass is 10.2. The number of hydrogen-bond donors (Lipinski definition) is 0. The van der Waals surface area contributed by atoms with Crippen LogP contribution in [0.4, 0.5) is 0 Å². The minimum atomic E-state index is 0.795. The third-order valence-electron chi connectivity index (χ3n) is 1.92. The molecule has 1 heterocycles. The van der Waals surface area contributed by atoms with Crippen molar-refractivity contribution in [2.75, 3.05) is 0 Å². The summed E-state index contributed by atoms with van der Waals surface area (Å²) < 4.78 is 0.874. The summed E-state index contributed by atoms with van der Waals surface area (Å²) in [6, 6.07) is 6.16. The zero-order valence-electron chi connectivity index (χ0n) is 7.50. The van der Waals surface area contributed by atoms with Crippen molar-refractivity contribution in [1.82, 2.24) is 9.97 Å². The average molecular weight is 237 g/mol. The van der Waals surface area contributed by atoms with Crippen molar-refractivity contribution in [3.05, 3.63) is 34.2 Å². The number of nitrogens with zero attached hydrogens (tertiary/aromatic N) is 2. The molecule has 0 unspecified atom stereocenters. The minimum Gasteiger partial charge on any atom is -0.233 e. The Morgan fingerprint density at radius 2 is 1.92 bits per heavy atom. The molecule has 0 radical (unpaired) electrons. The summed E-state index contributed by atoms with van der Waals surface area (Å²) in [4.78, 5) is 8.58. The van der Waals surface area contributed by atoms with Gasteiger partial charge in [-0.05, 0) is 41.9 Å². The minimum absolute atomic E-state index is 0.795. The summed E-state index contributed by atoms with van der Waals surface area (Å²) in [5.41, 5.74) is 2.21. The van der Waals surface area contributed by atoms with Crippen molar-refractivity contribution in [3.8, 4) is 0 Å². The van der Waals surface area contributed by atoms with Crippen LogP contribution in [-0.2, 0) is 0 Å². The van der Waals surface area contributed by atoms with E-state index >= 15 is 0 Å². The summed E-state index contributed by atoms with van der Waals surface area (Å²) in [6.07, 6.45) is 0. The normalized spacial score (nSPS) is 10.7. The molecule has 2 rings (SSSR count). The molecule has 0 N–H and O–H groups in total. The van der Waals surface area contributed by atoms with Crippen molar-refractivity contribution in [3.63, 3.8) is 0 Å². The third-order valence-corrected chi connectivity index (χ3v) is 2.52. The van der Waals surface area contributed by atoms with Gasteiger partial charge in [-0.1, -0.05) is 11.6 Å². The lowest BCUT2D eigenvalue weighted by Gasteiger charge is -2.01. The first kappa shape index (κ1) is 8.63. The van der Waals surface area contributed by atoms with Crippen LogP contribution in [0.5, 0.6) is 0 Å². The molecule has 13 heavy (non-hydrogen) atoms. The maximum absolute atomic E-state index is 4.34. The Kier molecular flexibility index (Phi) is 2.04. The summed E-state index contributed by atoms with van der Waals surface area (Å²) in [7, 11) is 0. The Morgan fingerprint density at radius 1 is 1.15 bits per heavy atom. The van der Waals surface area contributed by atoms with Gasteiger partial charge in [0.05, 0.1) is 5.52 Å². The second-order valence-corrected chi connectivity index (χ2v) is 3.83. The predicted molar refractivity (Wildman–Crippen MR) is 56.7 cm³/mol. The number of aryl methyl sites for hydroxylation is 2. The molecular formula is C10H9BrN2. The molecule has 0 spiro atoms. The molecule has 0 bridgehead atoms. The highest BCUT2D eigenvalue weighted by Crippen LogP contribution is 2.21. The summed E-state index contributed by atoms with van der Waals surface area (Å²) in [5.74, 6) is 0.795. The van der Waals surface area contributed by atoms with Crippen LogP contribution in [0.1, 0.15) is 11.4 Å². The Labute approximate surface area is 85.1 Å². The zero-order valence-corrected chi connectivity index (χ0v) is 9.09. The van der Waals surface area contributed by atoms with Crippen molar-refractivity contribution in [2.45, 2.75) is 13.8 Å². The lowest BCUT2D eigenvalue weighted by molar-refractivity contribution is 1.07. The number of fused-ring (bicyclic) bond motifs is 1. The van der Waals surface area contributed by atoms with Gasteiger partial charge in [-0.2, -0.15) is 0 Å². The van der Waals surface area contributed by atoms with Gasteiger partial charge in [-0.25, -0.2) is 9.97 Å². The largest absolute Gasteiger partial charge is 0.233 e. The van der Waals surface area contributed by atoms with E-state index < -0.39 is 0 Å². The van der Waals surface area contributed by atoms with Crippen LogP contribution in [-0.4, -0.2) is 9.97 Å². The van der Waals surface area contributed by atoms with Gasteiger partial charge in [0.15, 0.2) is 0 Å². The molecule has 0 fully saturated rings. The van der Waals surface area contributed by atoms with Crippen LogP contribution in [0.2, 0.25) is 0 Å². The predicted octanol–water partition coefficient (Wildman–Crippen LogP) is 3.01. The van der Waals surface area contributed by atoms with Crippen LogP contribution in [0, 0.1) is 13.8 Å². The first-order valence-electron chi connectivity index (χ1n) is 4.07. The van der Waals surface area contributed by atoms with Crippen LogP contribution in [0.15, 0.2) is 22.8 Å². The summed E-state index contributed by atoms with van der Waals surface area (Å²) >= 11 is 3.43. The second-order valence-electron chi connectivity index (χ2n) is 3.08. The fourth-order valence-corrected chi connectivity index (χ4v) is 1.89. The number of hydrogen-bond acceptors (Lipinski definition) is 2. The van der Waals surface area contributed by atoms with Gasteiger partial charge in [0, 0.05) is 5.39 Å². The molecule has 0 saturated heterocycles. The molecule has 0 atom stereocenters. The van der Waals surface area contributed by atoms with Gasteiger partial charge in [-0.3, -0.25) is 0 Å². The van der Waals surface area contributed by atoms with E-state index in [4.69, 9.17) is 0 Å². The lowest BCUT2D eigenvalue weighted by Crippen LogP contribution is -1.90. The third kappa shape index (κ3) is 1.56. The molecule has 2 nitrogen and oxygen atoms in total. The average Bonchev–Trinajstić information content (AvgIpc) is 2.06. The Balaban J connectivity index is 2.87. The molecule has 3 heteroatoms. The van der Waals surface area contributed by atoms with E-state index in [-0.39, 0.29) is 0 Å². The molecule has 0 aliphatic heterocycles. The molecule has 2 aromatic rings. The van der Waals surface area contributed by atoms with E-state index in [1.807, 2.05) is 13.0 Å².